The van der Waals surface area contributed by atoms with Crippen LogP contribution >= 0.6 is 0 Å². The van der Waals surface area contributed by atoms with Crippen LogP contribution in [0.15, 0.2) is 42.5 Å². The van der Waals surface area contributed by atoms with Gasteiger partial charge in [0.15, 0.2) is 6.10 Å². The van der Waals surface area contributed by atoms with Gasteiger partial charge in [0.25, 0.3) is 5.91 Å². The summed E-state index contributed by atoms with van der Waals surface area (Å²) in [6.07, 6.45) is -0.573. The van der Waals surface area contributed by atoms with Gasteiger partial charge < -0.3 is 14.8 Å². The first kappa shape index (κ1) is 22.8. The highest BCUT2D eigenvalue weighted by Crippen LogP contribution is 2.31. The molecule has 2 aromatic rings. The minimum Gasteiger partial charge on any atom is -0.491 e. The van der Waals surface area contributed by atoms with E-state index in [0.29, 0.717) is 19.1 Å². The number of amides is 1. The van der Waals surface area contributed by atoms with Gasteiger partial charge in [-0.25, -0.2) is 0 Å². The van der Waals surface area contributed by atoms with Gasteiger partial charge in [-0.2, -0.15) is 0 Å². The van der Waals surface area contributed by atoms with Gasteiger partial charge in [0.1, 0.15) is 18.1 Å². The summed E-state index contributed by atoms with van der Waals surface area (Å²) >= 11 is 0. The van der Waals surface area contributed by atoms with E-state index in [4.69, 9.17) is 9.47 Å². The van der Waals surface area contributed by atoms with Crippen LogP contribution in [0.3, 0.4) is 0 Å². The number of benzene rings is 2. The fourth-order valence-corrected chi connectivity index (χ4v) is 3.16. The molecule has 0 saturated carbocycles. The summed E-state index contributed by atoms with van der Waals surface area (Å²) in [5.74, 6) is 1.82. The lowest BCUT2D eigenvalue weighted by atomic mass is 9.86. The Hall–Kier alpha value is -2.49. The molecule has 0 fully saturated rings. The van der Waals surface area contributed by atoms with Crippen LogP contribution in [-0.4, -0.2) is 25.2 Å². The lowest BCUT2D eigenvalue weighted by Crippen LogP contribution is -2.38. The summed E-state index contributed by atoms with van der Waals surface area (Å²) in [6.45, 7) is 15.4. The van der Waals surface area contributed by atoms with Crippen LogP contribution in [-0.2, 0) is 10.2 Å². The highest BCUT2D eigenvalue weighted by atomic mass is 16.5. The molecule has 0 aliphatic heterocycles. The van der Waals surface area contributed by atoms with Gasteiger partial charge in [-0.05, 0) is 54.0 Å². The van der Waals surface area contributed by atoms with E-state index >= 15 is 0 Å². The summed E-state index contributed by atoms with van der Waals surface area (Å²) < 4.78 is 11.9. The highest BCUT2D eigenvalue weighted by molar-refractivity contribution is 5.80. The van der Waals surface area contributed by atoms with E-state index in [-0.39, 0.29) is 11.3 Å². The minimum atomic E-state index is -0.573. The number of carbonyl (C=O) groups is 1. The first-order valence-corrected chi connectivity index (χ1v) is 10.4. The lowest BCUT2D eigenvalue weighted by molar-refractivity contribution is -0.127. The molecule has 158 valence electrons. The van der Waals surface area contributed by atoms with Crippen molar-refractivity contribution in [2.45, 2.75) is 65.9 Å². The van der Waals surface area contributed by atoms with Crippen LogP contribution in [0, 0.1) is 6.92 Å². The lowest BCUT2D eigenvalue weighted by Gasteiger charge is -2.23. The van der Waals surface area contributed by atoms with E-state index in [9.17, 15) is 4.79 Å². The predicted molar refractivity (Wildman–Crippen MR) is 119 cm³/mol. The van der Waals surface area contributed by atoms with Gasteiger partial charge in [-0.3, -0.25) is 4.79 Å². The molecule has 0 bridgehead atoms. The number of hydrogen-bond acceptors (Lipinski definition) is 3. The zero-order valence-electron chi connectivity index (χ0n) is 18.8. The summed E-state index contributed by atoms with van der Waals surface area (Å²) in [4.78, 5) is 12.5. The van der Waals surface area contributed by atoms with E-state index in [2.05, 4.69) is 58.1 Å². The molecule has 0 radical (unpaired) electrons. The standard InChI is InChI=1S/C25H35NO3/c1-17(2)20-13-12-18(3)16-23(20)29-19(4)24(27)26-14-15-28-22-11-9-8-10-21(22)25(5,6)7/h8-13,16-17,19H,14-15H2,1-7H3,(H,26,27). The van der Waals surface area contributed by atoms with E-state index in [1.807, 2.05) is 31.2 Å². The van der Waals surface area contributed by atoms with Crippen LogP contribution in [0.5, 0.6) is 11.5 Å². The molecule has 2 aromatic carbocycles. The Morgan fingerprint density at radius 3 is 2.38 bits per heavy atom. The van der Waals surface area contributed by atoms with Crippen molar-refractivity contribution < 1.29 is 14.3 Å². The van der Waals surface area contributed by atoms with Crippen LogP contribution in [0.4, 0.5) is 0 Å². The van der Waals surface area contributed by atoms with Crippen molar-refractivity contribution in [2.24, 2.45) is 0 Å². The second-order valence-corrected chi connectivity index (χ2v) is 8.84. The average molecular weight is 398 g/mol. The van der Waals surface area contributed by atoms with E-state index < -0.39 is 6.10 Å². The Balaban J connectivity index is 1.89. The van der Waals surface area contributed by atoms with Gasteiger partial charge in [0.05, 0.1) is 6.54 Å². The van der Waals surface area contributed by atoms with Crippen LogP contribution < -0.4 is 14.8 Å². The minimum absolute atomic E-state index is 0.00410. The number of ether oxygens (including phenoxy) is 2. The molecule has 1 amide bonds. The molecule has 1 atom stereocenters. The van der Waals surface area contributed by atoms with E-state index in [1.165, 1.54) is 0 Å². The van der Waals surface area contributed by atoms with Crippen molar-refractivity contribution in [3.8, 4) is 11.5 Å². The molecule has 2 rings (SSSR count). The third-order valence-electron chi connectivity index (χ3n) is 4.82. The van der Waals surface area contributed by atoms with Gasteiger partial charge in [0.2, 0.25) is 0 Å². The molecule has 0 aliphatic carbocycles. The fourth-order valence-electron chi connectivity index (χ4n) is 3.16. The summed E-state index contributed by atoms with van der Waals surface area (Å²) in [5, 5.41) is 2.91. The maximum Gasteiger partial charge on any atom is 0.260 e. The number of carbonyl (C=O) groups excluding carboxylic acids is 1. The van der Waals surface area contributed by atoms with Crippen LogP contribution in [0.2, 0.25) is 0 Å². The molecule has 4 nitrogen and oxygen atoms in total. The number of aryl methyl sites for hydroxylation is 1. The molecule has 0 spiro atoms. The van der Waals surface area contributed by atoms with Crippen LogP contribution in [0.1, 0.15) is 64.2 Å². The quantitative estimate of drug-likeness (QED) is 0.609. The first-order chi connectivity index (χ1) is 13.6. The molecule has 0 saturated heterocycles. The summed E-state index contributed by atoms with van der Waals surface area (Å²) in [5.41, 5.74) is 3.38. The molecule has 1 N–H and O–H groups in total. The zero-order chi connectivity index (χ0) is 21.6. The Morgan fingerprint density at radius 2 is 1.72 bits per heavy atom. The second-order valence-electron chi connectivity index (χ2n) is 8.84. The monoisotopic (exact) mass is 397 g/mol. The third kappa shape index (κ3) is 6.52. The zero-order valence-corrected chi connectivity index (χ0v) is 18.8. The van der Waals surface area contributed by atoms with E-state index in [1.54, 1.807) is 6.92 Å². The topological polar surface area (TPSA) is 47.6 Å². The van der Waals surface area contributed by atoms with Gasteiger partial charge in [0, 0.05) is 0 Å². The Morgan fingerprint density at radius 1 is 1.03 bits per heavy atom. The Bertz CT molecular complexity index is 821. The maximum absolute atomic E-state index is 12.5. The third-order valence-corrected chi connectivity index (χ3v) is 4.82. The molecular formula is C25H35NO3. The number of nitrogens with one attached hydrogen (secondary N) is 1. The van der Waals surface area contributed by atoms with Gasteiger partial charge in [-0.1, -0.05) is 65.0 Å². The second kappa shape index (κ2) is 9.82. The molecule has 1 unspecified atom stereocenters. The molecule has 0 aromatic heterocycles. The fraction of sp³-hybridized carbons (Fsp3) is 0.480. The summed E-state index contributed by atoms with van der Waals surface area (Å²) in [7, 11) is 0. The Labute approximate surface area is 175 Å². The molecule has 4 heteroatoms. The largest absolute Gasteiger partial charge is 0.491 e. The molecule has 0 heterocycles. The average Bonchev–Trinajstić information content (AvgIpc) is 2.64. The predicted octanol–water partition coefficient (Wildman–Crippen LogP) is 5.38. The molecular weight excluding hydrogens is 362 g/mol. The van der Waals surface area contributed by atoms with Crippen molar-refractivity contribution in [3.63, 3.8) is 0 Å². The van der Waals surface area contributed by atoms with Crippen LogP contribution in [0.25, 0.3) is 0 Å². The Kier molecular flexibility index (Phi) is 7.72. The highest BCUT2D eigenvalue weighted by Gasteiger charge is 2.19. The first-order valence-electron chi connectivity index (χ1n) is 10.4. The van der Waals surface area contributed by atoms with Gasteiger partial charge in [-0.15, -0.1) is 0 Å². The SMILES string of the molecule is Cc1ccc(C(C)C)c(OC(C)C(=O)NCCOc2ccccc2C(C)(C)C)c1. The molecule has 29 heavy (non-hydrogen) atoms. The molecule has 0 aliphatic rings. The smallest absolute Gasteiger partial charge is 0.260 e. The number of rotatable bonds is 8. The van der Waals surface area contributed by atoms with Crippen molar-refractivity contribution in [3.05, 3.63) is 59.2 Å². The van der Waals surface area contributed by atoms with Crippen molar-refractivity contribution in [1.29, 1.82) is 0 Å². The normalized spacial score (nSPS) is 12.6. The van der Waals surface area contributed by atoms with Gasteiger partial charge >= 0.3 is 0 Å². The van der Waals surface area contributed by atoms with Crippen molar-refractivity contribution in [2.75, 3.05) is 13.2 Å². The summed E-state index contributed by atoms with van der Waals surface area (Å²) in [6, 6.07) is 14.2. The number of hydrogen-bond donors (Lipinski definition) is 1. The van der Waals surface area contributed by atoms with E-state index in [0.717, 1.165) is 28.2 Å². The van der Waals surface area contributed by atoms with Crippen molar-refractivity contribution >= 4 is 5.91 Å². The number of para-hydroxylation sites is 1. The maximum atomic E-state index is 12.5. The van der Waals surface area contributed by atoms with Crippen molar-refractivity contribution in [1.82, 2.24) is 5.32 Å².